The van der Waals surface area contributed by atoms with Crippen molar-refractivity contribution in [2.24, 2.45) is 0 Å². The molecule has 0 fully saturated rings. The Balaban J connectivity index is 1.48. The SMILES string of the molecule is Nc1ncnc2c1c(-c1ccc(Oc3ccccc3)cc1)cn2CCC(=O)NCCSCCO. The van der Waals surface area contributed by atoms with Gasteiger partial charge in [0.15, 0.2) is 0 Å². The van der Waals surface area contributed by atoms with Crippen molar-refractivity contribution < 1.29 is 14.6 Å². The van der Waals surface area contributed by atoms with Crippen molar-refractivity contribution in [2.75, 3.05) is 30.4 Å². The summed E-state index contributed by atoms with van der Waals surface area (Å²) in [4.78, 5) is 20.9. The number of nitrogens with two attached hydrogens (primary N) is 1. The van der Waals surface area contributed by atoms with Crippen molar-refractivity contribution in [3.05, 3.63) is 67.1 Å². The van der Waals surface area contributed by atoms with Crippen LogP contribution in [0.1, 0.15) is 6.42 Å². The van der Waals surface area contributed by atoms with E-state index >= 15 is 0 Å². The quantitative estimate of drug-likeness (QED) is 0.282. The molecule has 2 aromatic heterocycles. The number of thioether (sulfide) groups is 1. The molecule has 2 aromatic carbocycles. The van der Waals surface area contributed by atoms with E-state index in [0.29, 0.717) is 36.7 Å². The van der Waals surface area contributed by atoms with Gasteiger partial charge in [-0.25, -0.2) is 9.97 Å². The Morgan fingerprint density at radius 2 is 1.82 bits per heavy atom. The standard InChI is InChI=1S/C25H27N5O3S/c26-24-23-21(18-6-8-20(9-7-18)33-19-4-2-1-3-5-19)16-30(25(23)29-17-28-24)12-10-22(32)27-11-14-34-15-13-31/h1-9,16-17,31H,10-15H2,(H,27,32)(H2,26,28,29). The second-order valence-electron chi connectivity index (χ2n) is 7.57. The maximum Gasteiger partial charge on any atom is 0.221 e. The van der Waals surface area contributed by atoms with Crippen molar-refractivity contribution in [2.45, 2.75) is 13.0 Å². The first kappa shape index (κ1) is 23.6. The monoisotopic (exact) mass is 477 g/mol. The van der Waals surface area contributed by atoms with Gasteiger partial charge in [-0.05, 0) is 29.8 Å². The number of aliphatic hydroxyl groups excluding tert-OH is 1. The van der Waals surface area contributed by atoms with E-state index in [9.17, 15) is 4.79 Å². The number of aryl methyl sites for hydroxylation is 1. The summed E-state index contributed by atoms with van der Waals surface area (Å²) in [5, 5.41) is 12.5. The third kappa shape index (κ3) is 5.86. The average Bonchev–Trinajstić information content (AvgIpc) is 3.24. The molecule has 34 heavy (non-hydrogen) atoms. The first-order valence-electron chi connectivity index (χ1n) is 11.0. The number of ether oxygens (including phenoxy) is 1. The van der Waals surface area contributed by atoms with E-state index in [1.165, 1.54) is 6.33 Å². The van der Waals surface area contributed by atoms with E-state index in [4.69, 9.17) is 15.6 Å². The van der Waals surface area contributed by atoms with Crippen molar-refractivity contribution in [3.8, 4) is 22.6 Å². The molecule has 2 heterocycles. The lowest BCUT2D eigenvalue weighted by atomic mass is 10.1. The van der Waals surface area contributed by atoms with Crippen molar-refractivity contribution in [1.29, 1.82) is 0 Å². The van der Waals surface area contributed by atoms with E-state index < -0.39 is 0 Å². The van der Waals surface area contributed by atoms with Crippen LogP contribution in [0, 0.1) is 0 Å². The van der Waals surface area contributed by atoms with E-state index in [1.807, 2.05) is 65.4 Å². The van der Waals surface area contributed by atoms with E-state index in [2.05, 4.69) is 15.3 Å². The fourth-order valence-electron chi connectivity index (χ4n) is 3.60. The summed E-state index contributed by atoms with van der Waals surface area (Å²) in [6.45, 7) is 1.20. The molecule has 0 aliphatic heterocycles. The summed E-state index contributed by atoms with van der Waals surface area (Å²) in [5.41, 5.74) is 8.76. The first-order valence-corrected chi connectivity index (χ1v) is 12.2. The number of hydrogen-bond acceptors (Lipinski definition) is 7. The maximum absolute atomic E-state index is 12.3. The van der Waals surface area contributed by atoms with Crippen LogP contribution < -0.4 is 15.8 Å². The second-order valence-corrected chi connectivity index (χ2v) is 8.79. The molecule has 8 nitrogen and oxygen atoms in total. The number of anilines is 1. The van der Waals surface area contributed by atoms with Gasteiger partial charge >= 0.3 is 0 Å². The molecule has 1 amide bonds. The van der Waals surface area contributed by atoms with Gasteiger partial charge in [0.05, 0.1) is 12.0 Å². The molecule has 0 aliphatic rings. The summed E-state index contributed by atoms with van der Waals surface area (Å²) in [6.07, 6.45) is 3.72. The first-order chi connectivity index (χ1) is 16.7. The fourth-order valence-corrected chi connectivity index (χ4v) is 4.18. The minimum atomic E-state index is -0.0301. The van der Waals surface area contributed by atoms with Gasteiger partial charge in [0.25, 0.3) is 0 Å². The number of carbonyl (C=O) groups excluding carboxylic acids is 1. The molecule has 4 N–H and O–H groups in total. The Morgan fingerprint density at radius 3 is 2.59 bits per heavy atom. The molecular weight excluding hydrogens is 450 g/mol. The Kier molecular flexibility index (Phi) is 8.00. The van der Waals surface area contributed by atoms with Gasteiger partial charge < -0.3 is 25.5 Å². The molecule has 0 saturated carbocycles. The number of amides is 1. The Morgan fingerprint density at radius 1 is 1.06 bits per heavy atom. The van der Waals surface area contributed by atoms with Crippen LogP contribution in [0.2, 0.25) is 0 Å². The number of hydrogen-bond donors (Lipinski definition) is 3. The highest BCUT2D eigenvalue weighted by Crippen LogP contribution is 2.34. The minimum Gasteiger partial charge on any atom is -0.457 e. The minimum absolute atomic E-state index is 0.0301. The number of nitrogens with one attached hydrogen (secondary N) is 1. The zero-order valence-corrected chi connectivity index (χ0v) is 19.5. The molecule has 0 unspecified atom stereocenters. The van der Waals surface area contributed by atoms with Crippen LogP contribution in [-0.4, -0.2) is 50.2 Å². The summed E-state index contributed by atoms with van der Waals surface area (Å²) in [6, 6.07) is 17.4. The normalized spacial score (nSPS) is 11.0. The number of benzene rings is 2. The molecule has 0 bridgehead atoms. The number of para-hydroxylation sites is 1. The number of rotatable bonds is 11. The summed E-state index contributed by atoms with van der Waals surface area (Å²) in [7, 11) is 0. The van der Waals surface area contributed by atoms with E-state index in [0.717, 1.165) is 33.8 Å². The summed E-state index contributed by atoms with van der Waals surface area (Å²) < 4.78 is 7.83. The van der Waals surface area contributed by atoms with E-state index in [-0.39, 0.29) is 12.5 Å². The molecule has 4 rings (SSSR count). The lowest BCUT2D eigenvalue weighted by Crippen LogP contribution is -2.26. The zero-order chi connectivity index (χ0) is 23.8. The Bertz CT molecular complexity index is 1230. The summed E-state index contributed by atoms with van der Waals surface area (Å²) >= 11 is 1.61. The fraction of sp³-hybridized carbons (Fsp3) is 0.240. The topological polar surface area (TPSA) is 115 Å². The Labute approximate surface area is 202 Å². The molecule has 0 radical (unpaired) electrons. The number of nitrogen functional groups attached to an aromatic ring is 1. The van der Waals surface area contributed by atoms with Crippen LogP contribution in [0.4, 0.5) is 5.82 Å². The summed E-state index contributed by atoms with van der Waals surface area (Å²) in [5.74, 6) is 3.32. The number of nitrogens with zero attached hydrogens (tertiary/aromatic N) is 3. The van der Waals surface area contributed by atoms with Gasteiger partial charge in [-0.1, -0.05) is 30.3 Å². The van der Waals surface area contributed by atoms with Crippen molar-refractivity contribution in [1.82, 2.24) is 19.9 Å². The highest BCUT2D eigenvalue weighted by atomic mass is 32.2. The van der Waals surface area contributed by atoms with Gasteiger partial charge in [0, 0.05) is 42.8 Å². The molecule has 0 saturated heterocycles. The average molecular weight is 478 g/mol. The lowest BCUT2D eigenvalue weighted by Gasteiger charge is -2.07. The third-order valence-electron chi connectivity index (χ3n) is 5.21. The zero-order valence-electron chi connectivity index (χ0n) is 18.7. The van der Waals surface area contributed by atoms with Crippen LogP contribution in [-0.2, 0) is 11.3 Å². The predicted molar refractivity (Wildman–Crippen MR) is 136 cm³/mol. The van der Waals surface area contributed by atoms with Gasteiger partial charge in [-0.15, -0.1) is 0 Å². The second kappa shape index (κ2) is 11.5. The van der Waals surface area contributed by atoms with Crippen molar-refractivity contribution >= 4 is 34.5 Å². The maximum atomic E-state index is 12.3. The van der Waals surface area contributed by atoms with Crippen LogP contribution in [0.5, 0.6) is 11.5 Å². The number of carbonyl (C=O) groups is 1. The van der Waals surface area contributed by atoms with Gasteiger partial charge in [0.2, 0.25) is 5.91 Å². The number of aliphatic hydroxyl groups is 1. The van der Waals surface area contributed by atoms with Crippen LogP contribution in [0.15, 0.2) is 67.1 Å². The van der Waals surface area contributed by atoms with Crippen molar-refractivity contribution in [3.63, 3.8) is 0 Å². The largest absolute Gasteiger partial charge is 0.457 e. The molecule has 0 spiro atoms. The Hall–Kier alpha value is -3.56. The van der Waals surface area contributed by atoms with Gasteiger partial charge in [-0.3, -0.25) is 4.79 Å². The van der Waals surface area contributed by atoms with E-state index in [1.54, 1.807) is 11.8 Å². The molecule has 0 aliphatic carbocycles. The van der Waals surface area contributed by atoms with Gasteiger partial charge in [0.1, 0.15) is 29.3 Å². The smallest absolute Gasteiger partial charge is 0.221 e. The number of fused-ring (bicyclic) bond motifs is 1. The molecule has 9 heteroatoms. The molecule has 176 valence electrons. The highest BCUT2D eigenvalue weighted by Gasteiger charge is 2.16. The van der Waals surface area contributed by atoms with Crippen LogP contribution in [0.25, 0.3) is 22.2 Å². The number of aromatic nitrogens is 3. The molecular formula is C25H27N5O3S. The third-order valence-corrected chi connectivity index (χ3v) is 6.18. The highest BCUT2D eigenvalue weighted by molar-refractivity contribution is 7.99. The molecule has 4 aromatic rings. The van der Waals surface area contributed by atoms with Crippen LogP contribution >= 0.6 is 11.8 Å². The molecule has 0 atom stereocenters. The van der Waals surface area contributed by atoms with Crippen LogP contribution in [0.3, 0.4) is 0 Å². The lowest BCUT2D eigenvalue weighted by molar-refractivity contribution is -0.121. The predicted octanol–water partition coefficient (Wildman–Crippen LogP) is 3.70. The van der Waals surface area contributed by atoms with Gasteiger partial charge in [-0.2, -0.15) is 11.8 Å².